The molecule has 1 amide bonds. The summed E-state index contributed by atoms with van der Waals surface area (Å²) < 4.78 is 47.4. The minimum absolute atomic E-state index is 0.140. The number of rotatable bonds is 7. The number of aliphatic hydroxyl groups excluding tert-OH is 1. The van der Waals surface area contributed by atoms with E-state index < -0.39 is 29.8 Å². The molecule has 9 heteroatoms. The number of anilines is 1. The first kappa shape index (κ1) is 25.8. The Morgan fingerprint density at radius 3 is 2.32 bits per heavy atom. The molecule has 0 bridgehead atoms. The number of benzene rings is 3. The van der Waals surface area contributed by atoms with Crippen LogP contribution in [0.5, 0.6) is 11.5 Å². The average molecular weight is 511 g/mol. The third-order valence-electron chi connectivity index (χ3n) is 5.73. The number of carbonyl (C=O) groups excluding carboxylic acids is 2. The smallest absolute Gasteiger partial charge is 0.507 e. The Bertz CT molecular complexity index is 1350. The Kier molecular flexibility index (Phi) is 7.24. The van der Waals surface area contributed by atoms with Crippen LogP contribution in [0.1, 0.15) is 36.1 Å². The van der Waals surface area contributed by atoms with Crippen molar-refractivity contribution in [3.8, 4) is 11.5 Å². The zero-order chi connectivity index (χ0) is 26.7. The van der Waals surface area contributed by atoms with Crippen LogP contribution in [0.4, 0.5) is 18.9 Å². The molecule has 1 aliphatic rings. The van der Waals surface area contributed by atoms with E-state index in [-0.39, 0.29) is 22.6 Å². The predicted molar refractivity (Wildman–Crippen MR) is 131 cm³/mol. The molecular formula is C28H24F3NO5. The number of nitrogens with zero attached hydrogens (tertiary/aromatic N) is 1. The van der Waals surface area contributed by atoms with Crippen molar-refractivity contribution in [1.82, 2.24) is 0 Å². The second-order valence-electron chi connectivity index (χ2n) is 8.50. The van der Waals surface area contributed by atoms with Gasteiger partial charge in [0, 0.05) is 11.3 Å². The van der Waals surface area contributed by atoms with E-state index >= 15 is 0 Å². The Morgan fingerprint density at radius 1 is 0.973 bits per heavy atom. The lowest BCUT2D eigenvalue weighted by Crippen LogP contribution is -2.29. The van der Waals surface area contributed by atoms with Crippen LogP contribution < -0.4 is 14.4 Å². The molecule has 6 nitrogen and oxygen atoms in total. The van der Waals surface area contributed by atoms with Crippen LogP contribution >= 0.6 is 0 Å². The number of aryl methyl sites for hydroxylation is 1. The van der Waals surface area contributed by atoms with Gasteiger partial charge in [-0.1, -0.05) is 48.9 Å². The van der Waals surface area contributed by atoms with Gasteiger partial charge in [-0.05, 0) is 55.3 Å². The topological polar surface area (TPSA) is 76.1 Å². The monoisotopic (exact) mass is 511 g/mol. The molecule has 0 saturated carbocycles. The van der Waals surface area contributed by atoms with E-state index in [1.165, 1.54) is 12.1 Å². The van der Waals surface area contributed by atoms with E-state index in [1.54, 1.807) is 42.5 Å². The number of ketones is 1. The first-order chi connectivity index (χ1) is 17.6. The van der Waals surface area contributed by atoms with Gasteiger partial charge in [0.15, 0.2) is 0 Å². The maximum Gasteiger partial charge on any atom is 0.573 e. The van der Waals surface area contributed by atoms with Gasteiger partial charge in [0.2, 0.25) is 0 Å². The number of amides is 1. The van der Waals surface area contributed by atoms with Gasteiger partial charge < -0.3 is 14.6 Å². The van der Waals surface area contributed by atoms with Gasteiger partial charge in [-0.2, -0.15) is 0 Å². The molecule has 0 spiro atoms. The highest BCUT2D eigenvalue weighted by molar-refractivity contribution is 6.51. The molecule has 3 aromatic carbocycles. The lowest BCUT2D eigenvalue weighted by atomic mass is 9.94. The highest BCUT2D eigenvalue weighted by Crippen LogP contribution is 2.43. The first-order valence-electron chi connectivity index (χ1n) is 11.6. The molecule has 192 valence electrons. The van der Waals surface area contributed by atoms with Gasteiger partial charge in [0.25, 0.3) is 11.7 Å². The number of carbonyl (C=O) groups is 2. The molecule has 1 atom stereocenters. The molecule has 1 heterocycles. The molecule has 37 heavy (non-hydrogen) atoms. The maximum absolute atomic E-state index is 13.3. The number of halogens is 3. The summed E-state index contributed by atoms with van der Waals surface area (Å²) in [5.74, 6) is -2.20. The maximum atomic E-state index is 13.3. The number of ether oxygens (including phenoxy) is 2. The minimum Gasteiger partial charge on any atom is -0.507 e. The second-order valence-corrected chi connectivity index (χ2v) is 8.50. The molecule has 1 N–H and O–H groups in total. The van der Waals surface area contributed by atoms with Gasteiger partial charge in [0.05, 0.1) is 18.2 Å². The largest absolute Gasteiger partial charge is 0.573 e. The van der Waals surface area contributed by atoms with E-state index in [1.807, 2.05) is 19.9 Å². The van der Waals surface area contributed by atoms with Crippen molar-refractivity contribution in [3.05, 3.63) is 95.1 Å². The molecule has 0 aliphatic carbocycles. The zero-order valence-corrected chi connectivity index (χ0v) is 20.1. The van der Waals surface area contributed by atoms with Crippen molar-refractivity contribution in [3.63, 3.8) is 0 Å². The van der Waals surface area contributed by atoms with Crippen molar-refractivity contribution in [2.24, 2.45) is 0 Å². The van der Waals surface area contributed by atoms with Crippen molar-refractivity contribution >= 4 is 23.1 Å². The van der Waals surface area contributed by atoms with Crippen LogP contribution in [0.2, 0.25) is 0 Å². The van der Waals surface area contributed by atoms with Crippen molar-refractivity contribution in [1.29, 1.82) is 0 Å². The van der Waals surface area contributed by atoms with E-state index in [2.05, 4.69) is 4.74 Å². The van der Waals surface area contributed by atoms with Crippen LogP contribution in [-0.2, 0) is 9.59 Å². The molecule has 4 rings (SSSR count). The predicted octanol–water partition coefficient (Wildman–Crippen LogP) is 6.31. The van der Waals surface area contributed by atoms with Gasteiger partial charge in [-0.25, -0.2) is 0 Å². The summed E-state index contributed by atoms with van der Waals surface area (Å²) in [6.07, 6.45) is -4.09. The van der Waals surface area contributed by atoms with Gasteiger partial charge in [0.1, 0.15) is 17.3 Å². The zero-order valence-electron chi connectivity index (χ0n) is 20.1. The lowest BCUT2D eigenvalue weighted by Gasteiger charge is -2.26. The Balaban J connectivity index is 1.83. The number of alkyl halides is 3. The standard InChI is InChI=1S/C28H24F3NO5/c1-3-14-36-22-9-5-8-19(16-22)25(33)23-24(18-7-4-6-17(2)15-18)32(27(35)26(23)34)20-10-12-21(13-11-20)37-28(29,30)31/h4-13,15-16,24,33H,3,14H2,1-2H3/b25-23-. The van der Waals surface area contributed by atoms with Crippen LogP contribution in [0.25, 0.3) is 5.76 Å². The third kappa shape index (κ3) is 5.61. The fourth-order valence-electron chi connectivity index (χ4n) is 4.17. The molecule has 1 unspecified atom stereocenters. The van der Waals surface area contributed by atoms with Crippen LogP contribution in [0, 0.1) is 6.92 Å². The van der Waals surface area contributed by atoms with Crippen molar-refractivity contribution in [2.75, 3.05) is 11.5 Å². The summed E-state index contributed by atoms with van der Waals surface area (Å²) in [6, 6.07) is 17.3. The van der Waals surface area contributed by atoms with Gasteiger partial charge in [-0.3, -0.25) is 14.5 Å². The fourth-order valence-corrected chi connectivity index (χ4v) is 4.17. The third-order valence-corrected chi connectivity index (χ3v) is 5.73. The summed E-state index contributed by atoms with van der Waals surface area (Å²) in [4.78, 5) is 27.7. The molecular weight excluding hydrogens is 487 g/mol. The Labute approximate surface area is 211 Å². The fraction of sp³-hybridized carbons (Fsp3) is 0.214. The number of aliphatic hydroxyl groups is 1. The van der Waals surface area contributed by atoms with E-state index in [9.17, 15) is 27.9 Å². The van der Waals surface area contributed by atoms with Crippen molar-refractivity contribution < 1.29 is 37.3 Å². The van der Waals surface area contributed by atoms with Crippen molar-refractivity contribution in [2.45, 2.75) is 32.7 Å². The molecule has 3 aromatic rings. The summed E-state index contributed by atoms with van der Waals surface area (Å²) in [6.45, 7) is 4.26. The number of hydrogen-bond donors (Lipinski definition) is 1. The summed E-state index contributed by atoms with van der Waals surface area (Å²) in [5, 5.41) is 11.3. The van der Waals surface area contributed by atoms with E-state index in [4.69, 9.17) is 4.74 Å². The van der Waals surface area contributed by atoms with Gasteiger partial charge in [-0.15, -0.1) is 13.2 Å². The molecule has 1 saturated heterocycles. The average Bonchev–Trinajstić information content (AvgIpc) is 3.12. The molecule has 0 radical (unpaired) electrons. The highest BCUT2D eigenvalue weighted by atomic mass is 19.4. The summed E-state index contributed by atoms with van der Waals surface area (Å²) in [5.41, 5.74) is 1.72. The molecule has 1 aliphatic heterocycles. The normalized spacial score (nSPS) is 17.2. The second kappa shape index (κ2) is 10.4. The quantitative estimate of drug-likeness (QED) is 0.229. The van der Waals surface area contributed by atoms with Gasteiger partial charge >= 0.3 is 6.36 Å². The van der Waals surface area contributed by atoms with Crippen LogP contribution in [-0.4, -0.2) is 29.8 Å². The Morgan fingerprint density at radius 2 is 1.68 bits per heavy atom. The molecule has 1 fully saturated rings. The van der Waals surface area contributed by atoms with Crippen LogP contribution in [0.3, 0.4) is 0 Å². The summed E-state index contributed by atoms with van der Waals surface area (Å²) in [7, 11) is 0. The Hall–Kier alpha value is -4.27. The summed E-state index contributed by atoms with van der Waals surface area (Å²) >= 11 is 0. The van der Waals surface area contributed by atoms with E-state index in [0.717, 1.165) is 29.0 Å². The van der Waals surface area contributed by atoms with E-state index in [0.29, 0.717) is 17.9 Å². The van der Waals surface area contributed by atoms with Crippen LogP contribution in [0.15, 0.2) is 78.4 Å². The SMILES string of the molecule is CCCOc1cccc(/C(O)=C2/C(=O)C(=O)N(c3ccc(OC(F)(F)F)cc3)C2c2cccc(C)c2)c1. The first-order valence-corrected chi connectivity index (χ1v) is 11.6. The lowest BCUT2D eigenvalue weighted by molar-refractivity contribution is -0.274. The minimum atomic E-state index is -4.87. The molecule has 0 aromatic heterocycles. The number of Topliss-reactive ketones (excluding diaryl/α,β-unsaturated/α-hetero) is 1. The highest BCUT2D eigenvalue weighted by Gasteiger charge is 2.47. The number of hydrogen-bond acceptors (Lipinski definition) is 5.